The van der Waals surface area contributed by atoms with Crippen LogP contribution in [0.1, 0.15) is 11.1 Å². The zero-order valence-electron chi connectivity index (χ0n) is 15.7. The van der Waals surface area contributed by atoms with E-state index in [1.807, 2.05) is 22.6 Å². The second-order valence-electron chi connectivity index (χ2n) is 6.07. The third kappa shape index (κ3) is 6.01. The van der Waals surface area contributed by atoms with Gasteiger partial charge in [-0.3, -0.25) is 0 Å². The summed E-state index contributed by atoms with van der Waals surface area (Å²) in [6.07, 6.45) is -5.89. The number of rotatable bonds is 8. The molecule has 32 heavy (non-hydrogen) atoms. The molecule has 0 aliphatic heterocycles. The Hall–Kier alpha value is -1.67. The highest BCUT2D eigenvalue weighted by atomic mass is 127. The minimum absolute atomic E-state index is 0.0440. The predicted octanol–water partition coefficient (Wildman–Crippen LogP) is 6.90. The Morgan fingerprint density at radius 1 is 1.06 bits per heavy atom. The number of hydrazone groups is 1. The summed E-state index contributed by atoms with van der Waals surface area (Å²) in [7, 11) is 1.28. The molecule has 0 amide bonds. The topological polar surface area (TPSA) is 42.8 Å². The molecule has 0 saturated carbocycles. The molecule has 2 aromatic rings. The quantitative estimate of drug-likeness (QED) is 0.115. The van der Waals surface area contributed by atoms with Gasteiger partial charge in [0.1, 0.15) is 6.61 Å². The van der Waals surface area contributed by atoms with Crippen LogP contribution >= 0.6 is 45.8 Å². The Morgan fingerprint density at radius 2 is 1.72 bits per heavy atom. The van der Waals surface area contributed by atoms with Crippen molar-refractivity contribution >= 4 is 52.0 Å². The lowest BCUT2D eigenvalue weighted by Gasteiger charge is -2.27. The predicted molar refractivity (Wildman–Crippen MR) is 113 cm³/mol. The van der Waals surface area contributed by atoms with Crippen molar-refractivity contribution in [1.29, 1.82) is 0 Å². The summed E-state index contributed by atoms with van der Waals surface area (Å²) in [4.78, 5) is 0. The van der Waals surface area contributed by atoms with Gasteiger partial charge in [0.2, 0.25) is 0 Å². The Bertz CT molecular complexity index is 1000. The normalized spacial score (nSPS) is 12.8. The fourth-order valence-electron chi connectivity index (χ4n) is 2.21. The van der Waals surface area contributed by atoms with Crippen LogP contribution in [0.25, 0.3) is 0 Å². The average molecular weight is 619 g/mol. The number of alkyl halides is 7. The van der Waals surface area contributed by atoms with Gasteiger partial charge < -0.3 is 9.47 Å². The molecule has 0 aliphatic carbocycles. The summed E-state index contributed by atoms with van der Waals surface area (Å²) < 4.78 is 101. The van der Waals surface area contributed by atoms with E-state index >= 15 is 0 Å². The van der Waals surface area contributed by atoms with Crippen molar-refractivity contribution in [3.63, 3.8) is 0 Å². The average Bonchev–Trinajstić information content (AvgIpc) is 2.66. The van der Waals surface area contributed by atoms with Gasteiger partial charge >= 0.3 is 18.1 Å². The molecular weight excluding hydrogens is 607 g/mol. The Labute approximate surface area is 200 Å². The molecule has 0 unspecified atom stereocenters. The second-order valence-corrected chi connectivity index (χ2v) is 8.16. The molecule has 2 rings (SSSR count). The van der Waals surface area contributed by atoms with Gasteiger partial charge in [-0.25, -0.2) is 5.43 Å². The van der Waals surface area contributed by atoms with Gasteiger partial charge in [0.05, 0.1) is 13.3 Å². The molecule has 0 spiro atoms. The van der Waals surface area contributed by atoms with E-state index in [1.54, 1.807) is 12.1 Å². The van der Waals surface area contributed by atoms with Crippen LogP contribution in [0, 0.1) is 3.57 Å². The number of nitrogens with zero attached hydrogens (tertiary/aromatic N) is 1. The summed E-state index contributed by atoms with van der Waals surface area (Å²) in [5, 5.41) is 3.51. The van der Waals surface area contributed by atoms with Crippen molar-refractivity contribution < 1.29 is 40.2 Å². The highest BCUT2D eigenvalue weighted by Gasteiger charge is 2.73. The monoisotopic (exact) mass is 618 g/mol. The van der Waals surface area contributed by atoms with E-state index in [9.17, 15) is 30.7 Å². The number of benzene rings is 2. The summed E-state index contributed by atoms with van der Waals surface area (Å²) in [5.41, 5.74) is 1.01. The van der Waals surface area contributed by atoms with Crippen molar-refractivity contribution in [2.45, 2.75) is 24.8 Å². The fraction of sp³-hybridized carbons (Fsp3) is 0.278. The molecule has 4 nitrogen and oxygen atoms in total. The summed E-state index contributed by atoms with van der Waals surface area (Å²) >= 11 is 13.7. The Morgan fingerprint density at radius 3 is 2.28 bits per heavy atom. The first-order chi connectivity index (χ1) is 14.7. The van der Waals surface area contributed by atoms with E-state index in [0.29, 0.717) is 25.8 Å². The zero-order valence-corrected chi connectivity index (χ0v) is 19.4. The first-order valence-electron chi connectivity index (χ1n) is 8.26. The molecule has 0 aromatic heterocycles. The number of hydrogen-bond donors (Lipinski definition) is 1. The second kappa shape index (κ2) is 10.1. The molecule has 0 fully saturated rings. The van der Waals surface area contributed by atoms with Gasteiger partial charge in [-0.05, 0) is 46.9 Å². The number of ether oxygens (including phenoxy) is 2. The lowest BCUT2D eigenvalue weighted by molar-refractivity contribution is -0.361. The molecule has 0 aliphatic rings. The molecule has 14 heteroatoms. The number of nitrogens with one attached hydrogen (secondary N) is 1. The van der Waals surface area contributed by atoms with Gasteiger partial charge in [-0.2, -0.15) is 35.8 Å². The molecule has 176 valence electrons. The van der Waals surface area contributed by atoms with E-state index in [1.165, 1.54) is 25.3 Å². The number of hydrogen-bond acceptors (Lipinski definition) is 4. The van der Waals surface area contributed by atoms with Crippen LogP contribution < -0.4 is 14.9 Å². The maximum atomic E-state index is 13.4. The minimum atomic E-state index is -6.49. The third-order valence-electron chi connectivity index (χ3n) is 3.81. The van der Waals surface area contributed by atoms with Crippen molar-refractivity contribution in [3.8, 4) is 11.5 Å². The molecule has 0 atom stereocenters. The van der Waals surface area contributed by atoms with Crippen molar-refractivity contribution in [3.05, 3.63) is 55.1 Å². The summed E-state index contributed by atoms with van der Waals surface area (Å²) in [5.74, 6) is -6.28. The standard InChI is InChI=1S/C18H12Cl2F7IN2O2/c1-31-14-6-12(28)4-10(7-29-30-18(26,27)16(21,22)17(23,24)25)15(14)32-8-9-2-3-11(19)5-13(9)20/h2-7,30H,8H2,1H3/b29-7-. The van der Waals surface area contributed by atoms with E-state index in [4.69, 9.17) is 32.7 Å². The van der Waals surface area contributed by atoms with Gasteiger partial charge in [0.15, 0.2) is 11.5 Å². The number of halogens is 10. The van der Waals surface area contributed by atoms with Crippen molar-refractivity contribution in [2.75, 3.05) is 7.11 Å². The summed E-state index contributed by atoms with van der Waals surface area (Å²) in [6.45, 7) is -0.135. The van der Waals surface area contributed by atoms with Crippen LogP contribution in [-0.4, -0.2) is 31.5 Å². The Balaban J connectivity index is 2.32. The van der Waals surface area contributed by atoms with Crippen LogP contribution in [0.4, 0.5) is 30.7 Å². The van der Waals surface area contributed by atoms with E-state index in [-0.39, 0.29) is 28.7 Å². The maximum absolute atomic E-state index is 13.4. The van der Waals surface area contributed by atoms with E-state index < -0.39 is 18.1 Å². The Kier molecular flexibility index (Phi) is 8.37. The van der Waals surface area contributed by atoms with Gasteiger partial charge in [0, 0.05) is 24.7 Å². The van der Waals surface area contributed by atoms with E-state index in [2.05, 4.69) is 5.10 Å². The lowest BCUT2D eigenvalue weighted by Crippen LogP contribution is -2.58. The van der Waals surface area contributed by atoms with Crippen LogP contribution in [0.5, 0.6) is 11.5 Å². The molecule has 0 heterocycles. The van der Waals surface area contributed by atoms with Crippen molar-refractivity contribution in [2.24, 2.45) is 5.10 Å². The fourth-order valence-corrected chi connectivity index (χ4v) is 3.29. The first kappa shape index (κ1) is 26.6. The van der Waals surface area contributed by atoms with Crippen molar-refractivity contribution in [1.82, 2.24) is 5.43 Å². The van der Waals surface area contributed by atoms with E-state index in [0.717, 1.165) is 0 Å². The van der Waals surface area contributed by atoms with Gasteiger partial charge in [0.25, 0.3) is 0 Å². The molecule has 0 radical (unpaired) electrons. The maximum Gasteiger partial charge on any atom is 0.462 e. The minimum Gasteiger partial charge on any atom is -0.493 e. The molecule has 1 N–H and O–H groups in total. The molecule has 0 saturated heterocycles. The molecular formula is C18H12Cl2F7IN2O2. The molecule has 2 aromatic carbocycles. The first-order valence-corrected chi connectivity index (χ1v) is 10.1. The lowest BCUT2D eigenvalue weighted by atomic mass is 10.2. The SMILES string of the molecule is COc1cc(I)cc(/C=N\NC(F)(F)C(F)(F)C(F)(F)F)c1OCc1ccc(Cl)cc1Cl. The molecule has 0 bridgehead atoms. The summed E-state index contributed by atoms with van der Waals surface area (Å²) in [6, 6.07) is 1.74. The van der Waals surface area contributed by atoms with Gasteiger partial charge in [-0.1, -0.05) is 29.3 Å². The third-order valence-corrected chi connectivity index (χ3v) is 5.02. The number of methoxy groups -OCH3 is 1. The van der Waals surface area contributed by atoms with Crippen LogP contribution in [0.15, 0.2) is 35.4 Å². The smallest absolute Gasteiger partial charge is 0.462 e. The zero-order chi connectivity index (χ0) is 24.3. The highest BCUT2D eigenvalue weighted by molar-refractivity contribution is 14.1. The largest absolute Gasteiger partial charge is 0.493 e. The van der Waals surface area contributed by atoms with Crippen LogP contribution in [0.3, 0.4) is 0 Å². The highest BCUT2D eigenvalue weighted by Crippen LogP contribution is 2.45. The van der Waals surface area contributed by atoms with Crippen LogP contribution in [-0.2, 0) is 6.61 Å². The van der Waals surface area contributed by atoms with Crippen LogP contribution in [0.2, 0.25) is 10.0 Å². The van der Waals surface area contributed by atoms with Gasteiger partial charge in [-0.15, -0.1) is 0 Å².